The van der Waals surface area contributed by atoms with Crippen LogP contribution in [0.25, 0.3) is 0 Å². The van der Waals surface area contributed by atoms with Gasteiger partial charge in [-0.25, -0.2) is 20.0 Å². The summed E-state index contributed by atoms with van der Waals surface area (Å²) in [6.45, 7) is 3.83. The van der Waals surface area contributed by atoms with Crippen LogP contribution >= 0.6 is 0 Å². The van der Waals surface area contributed by atoms with Gasteiger partial charge >= 0.3 is 18.4 Å². The number of carbonyl (C=O) groups is 3. The van der Waals surface area contributed by atoms with E-state index in [0.29, 0.717) is 5.56 Å². The van der Waals surface area contributed by atoms with Gasteiger partial charge in [-0.05, 0) is 33.3 Å². The number of ether oxygens (including phenoxy) is 2. The summed E-state index contributed by atoms with van der Waals surface area (Å²) in [5.41, 5.74) is 1.46. The van der Waals surface area contributed by atoms with E-state index >= 15 is 0 Å². The van der Waals surface area contributed by atoms with Gasteiger partial charge in [0.2, 0.25) is 0 Å². The number of halogens is 3. The summed E-state index contributed by atoms with van der Waals surface area (Å²) in [7, 11) is 0. The highest BCUT2D eigenvalue weighted by Gasteiger charge is 2.36. The minimum absolute atomic E-state index is 0.0379. The van der Waals surface area contributed by atoms with Crippen molar-refractivity contribution in [3.05, 3.63) is 35.9 Å². The van der Waals surface area contributed by atoms with Crippen LogP contribution in [0.5, 0.6) is 0 Å². The Hall–Kier alpha value is -2.98. The van der Waals surface area contributed by atoms with Crippen molar-refractivity contribution in [3.8, 4) is 0 Å². The first-order valence-electron chi connectivity index (χ1n) is 8.62. The molecule has 1 aromatic rings. The van der Waals surface area contributed by atoms with Gasteiger partial charge in [-0.1, -0.05) is 30.3 Å². The molecule has 1 atom stereocenters. The molecule has 0 heterocycles. The molecule has 0 aliphatic carbocycles. The average Bonchev–Trinajstić information content (AvgIpc) is 2.56. The molecule has 11 heteroatoms. The topological polar surface area (TPSA) is 97.0 Å². The van der Waals surface area contributed by atoms with Crippen molar-refractivity contribution >= 4 is 18.1 Å². The van der Waals surface area contributed by atoms with E-state index in [4.69, 9.17) is 9.47 Å². The number of nitrogens with one attached hydrogen (secondary N) is 2. The molecular formula is C18H24F3N3O5. The number of benzene rings is 1. The highest BCUT2D eigenvalue weighted by Crippen LogP contribution is 2.16. The Morgan fingerprint density at radius 1 is 1.07 bits per heavy atom. The van der Waals surface area contributed by atoms with Crippen LogP contribution in [0.4, 0.5) is 22.8 Å². The molecule has 8 nitrogen and oxygen atoms in total. The van der Waals surface area contributed by atoms with Crippen molar-refractivity contribution in [2.24, 2.45) is 0 Å². The summed E-state index contributed by atoms with van der Waals surface area (Å²) >= 11 is 0. The molecule has 1 rings (SSSR count). The molecule has 0 radical (unpaired) electrons. The number of hydrogen-bond acceptors (Lipinski definition) is 5. The Morgan fingerprint density at radius 2 is 1.66 bits per heavy atom. The number of amides is 3. The van der Waals surface area contributed by atoms with Crippen LogP contribution in [0.3, 0.4) is 0 Å². The largest absolute Gasteiger partial charge is 0.445 e. The second-order valence-electron chi connectivity index (χ2n) is 7.08. The third kappa shape index (κ3) is 10.2. The summed E-state index contributed by atoms with van der Waals surface area (Å²) < 4.78 is 48.2. The number of alkyl halides is 3. The summed E-state index contributed by atoms with van der Waals surface area (Å²) in [6, 6.07) is 7.25. The lowest BCUT2D eigenvalue weighted by Crippen LogP contribution is -2.57. The fraction of sp³-hybridized carbons (Fsp3) is 0.500. The number of nitrogens with zero attached hydrogens (tertiary/aromatic N) is 1. The van der Waals surface area contributed by atoms with E-state index in [1.165, 1.54) is 20.8 Å². The Kier molecular flexibility index (Phi) is 8.28. The van der Waals surface area contributed by atoms with Gasteiger partial charge in [0.15, 0.2) is 0 Å². The molecule has 0 aliphatic heterocycles. The molecule has 29 heavy (non-hydrogen) atoms. The molecule has 2 N–H and O–H groups in total. The van der Waals surface area contributed by atoms with Gasteiger partial charge in [0.05, 0.1) is 0 Å². The first-order chi connectivity index (χ1) is 13.3. The van der Waals surface area contributed by atoms with Crippen molar-refractivity contribution in [2.75, 3.05) is 6.54 Å². The second-order valence-corrected chi connectivity index (χ2v) is 7.08. The normalized spacial score (nSPS) is 12.5. The number of hydrazine groups is 1. The Balaban J connectivity index is 2.70. The highest BCUT2D eigenvalue weighted by molar-refractivity contribution is 5.86. The lowest BCUT2D eigenvalue weighted by molar-refractivity contribution is -0.167. The van der Waals surface area contributed by atoms with Crippen LogP contribution < -0.4 is 10.7 Å². The lowest BCUT2D eigenvalue weighted by atomic mass is 10.2. The summed E-state index contributed by atoms with van der Waals surface area (Å²) in [5.74, 6) is -1.20. The van der Waals surface area contributed by atoms with Crippen molar-refractivity contribution in [2.45, 2.75) is 52.1 Å². The third-order valence-electron chi connectivity index (χ3n) is 3.15. The number of carbonyl (C=O) groups excluding carboxylic acids is 3. The van der Waals surface area contributed by atoms with E-state index in [2.05, 4.69) is 5.32 Å². The minimum atomic E-state index is -4.79. The van der Waals surface area contributed by atoms with Gasteiger partial charge in [-0.2, -0.15) is 13.2 Å². The first kappa shape index (κ1) is 24.1. The smallest absolute Gasteiger partial charge is 0.426 e. The maximum Gasteiger partial charge on any atom is 0.426 e. The molecule has 1 aromatic carbocycles. The fourth-order valence-electron chi connectivity index (χ4n) is 2.00. The van der Waals surface area contributed by atoms with Crippen molar-refractivity contribution in [1.82, 2.24) is 15.8 Å². The first-order valence-corrected chi connectivity index (χ1v) is 8.62. The second kappa shape index (κ2) is 9.99. The Morgan fingerprint density at radius 3 is 2.17 bits per heavy atom. The van der Waals surface area contributed by atoms with Gasteiger partial charge in [0.1, 0.15) is 24.8 Å². The lowest BCUT2D eigenvalue weighted by Gasteiger charge is -2.28. The van der Waals surface area contributed by atoms with Crippen LogP contribution in [0.15, 0.2) is 30.3 Å². The summed E-state index contributed by atoms with van der Waals surface area (Å²) in [4.78, 5) is 35.9. The van der Waals surface area contributed by atoms with Gasteiger partial charge < -0.3 is 14.8 Å². The van der Waals surface area contributed by atoms with E-state index < -0.39 is 42.5 Å². The maximum atomic E-state index is 12.8. The van der Waals surface area contributed by atoms with Gasteiger partial charge in [0.25, 0.3) is 5.91 Å². The molecule has 3 amide bonds. The van der Waals surface area contributed by atoms with E-state index in [1.54, 1.807) is 35.8 Å². The van der Waals surface area contributed by atoms with Crippen LogP contribution in [0.2, 0.25) is 0 Å². The summed E-state index contributed by atoms with van der Waals surface area (Å²) in [6.07, 6.45) is -7.04. The van der Waals surface area contributed by atoms with Crippen LogP contribution in [-0.2, 0) is 20.9 Å². The number of hydrogen-bond donors (Lipinski definition) is 2. The van der Waals surface area contributed by atoms with Crippen molar-refractivity contribution in [1.29, 1.82) is 0 Å². The van der Waals surface area contributed by atoms with E-state index in [-0.39, 0.29) is 11.6 Å². The molecule has 0 saturated heterocycles. The van der Waals surface area contributed by atoms with Crippen LogP contribution in [-0.4, -0.2) is 47.5 Å². The third-order valence-corrected chi connectivity index (χ3v) is 3.15. The molecular weight excluding hydrogens is 395 g/mol. The van der Waals surface area contributed by atoms with Gasteiger partial charge in [-0.15, -0.1) is 0 Å². The average molecular weight is 419 g/mol. The van der Waals surface area contributed by atoms with Crippen molar-refractivity contribution in [3.63, 3.8) is 0 Å². The molecule has 162 valence electrons. The maximum absolute atomic E-state index is 12.8. The minimum Gasteiger partial charge on any atom is -0.445 e. The zero-order valence-corrected chi connectivity index (χ0v) is 16.5. The molecule has 0 aliphatic rings. The fourth-order valence-corrected chi connectivity index (χ4v) is 2.00. The highest BCUT2D eigenvalue weighted by atomic mass is 19.4. The van der Waals surface area contributed by atoms with Gasteiger partial charge in [0, 0.05) is 0 Å². The van der Waals surface area contributed by atoms with Gasteiger partial charge in [-0.3, -0.25) is 4.79 Å². The number of alkyl carbamates (subject to hydrolysis) is 1. The predicted molar refractivity (Wildman–Crippen MR) is 96.4 cm³/mol. The molecule has 0 spiro atoms. The molecule has 0 bridgehead atoms. The van der Waals surface area contributed by atoms with Crippen LogP contribution in [0, 0.1) is 0 Å². The zero-order valence-electron chi connectivity index (χ0n) is 16.5. The SMILES string of the molecule is C[C@@H](NC(=O)OCc1ccccc1)C(=O)N(CC(F)(F)F)NC(=O)OC(C)(C)C. The summed E-state index contributed by atoms with van der Waals surface area (Å²) in [5, 5.41) is 2.16. The number of rotatable bonds is 5. The Labute approximate surface area is 166 Å². The van der Waals surface area contributed by atoms with E-state index in [0.717, 1.165) is 6.92 Å². The van der Waals surface area contributed by atoms with Crippen LogP contribution in [0.1, 0.15) is 33.3 Å². The van der Waals surface area contributed by atoms with E-state index in [1.807, 2.05) is 0 Å². The molecule has 0 saturated carbocycles. The quantitative estimate of drug-likeness (QED) is 0.715. The molecule has 0 fully saturated rings. The Bertz CT molecular complexity index is 705. The van der Waals surface area contributed by atoms with E-state index in [9.17, 15) is 27.6 Å². The predicted octanol–water partition coefficient (Wildman–Crippen LogP) is 3.13. The monoisotopic (exact) mass is 419 g/mol. The molecule has 0 unspecified atom stereocenters. The van der Waals surface area contributed by atoms with Crippen molar-refractivity contribution < 1.29 is 37.0 Å². The molecule has 0 aromatic heterocycles. The standard InChI is InChI=1S/C18H24F3N3O5/c1-12(22-15(26)28-10-13-8-6-5-7-9-13)14(25)24(11-18(19,20)21)23-16(27)29-17(2,3)4/h5-9,12H,10-11H2,1-4H3,(H,22,26)(H,23,27)/t12-/m1/s1. The zero-order chi connectivity index (χ0) is 22.2.